The highest BCUT2D eigenvalue weighted by atomic mass is 15.1. The first-order valence-corrected chi connectivity index (χ1v) is 6.41. The van der Waals surface area contributed by atoms with E-state index in [0.717, 1.165) is 19.6 Å². The molecule has 0 bridgehead atoms. The lowest BCUT2D eigenvalue weighted by Crippen LogP contribution is -2.15. The lowest BCUT2D eigenvalue weighted by atomic mass is 10.6. The van der Waals surface area contributed by atoms with Crippen LogP contribution in [0.25, 0.3) is 0 Å². The van der Waals surface area contributed by atoms with E-state index in [1.807, 2.05) is 27.7 Å². The van der Waals surface area contributed by atoms with Crippen molar-refractivity contribution in [1.82, 2.24) is 9.80 Å². The Morgan fingerprint density at radius 1 is 0.600 bits per heavy atom. The van der Waals surface area contributed by atoms with Crippen molar-refractivity contribution >= 4 is 0 Å². The second-order valence-electron chi connectivity index (χ2n) is 2.88. The van der Waals surface area contributed by atoms with Crippen LogP contribution in [0.15, 0.2) is 0 Å². The number of hydrogen-bond acceptors (Lipinski definition) is 2. The zero-order chi connectivity index (χ0) is 13.3. The molecule has 0 aromatic rings. The van der Waals surface area contributed by atoms with Crippen LogP contribution in [-0.4, -0.2) is 50.6 Å². The molecule has 0 spiro atoms. The molecule has 0 N–H and O–H groups in total. The topological polar surface area (TPSA) is 6.48 Å². The maximum Gasteiger partial charge on any atom is -0.00504 e. The number of nitrogens with zero attached hydrogens (tertiary/aromatic N) is 2. The molecule has 0 saturated heterocycles. The molecule has 0 aliphatic heterocycles. The van der Waals surface area contributed by atoms with E-state index in [9.17, 15) is 0 Å². The third-order valence-electron chi connectivity index (χ3n) is 1.71. The van der Waals surface area contributed by atoms with Gasteiger partial charge in [0.25, 0.3) is 0 Å². The lowest BCUT2D eigenvalue weighted by molar-refractivity contribution is 0.373. The molecule has 98 valence electrons. The fourth-order valence-corrected chi connectivity index (χ4v) is 0.224. The van der Waals surface area contributed by atoms with E-state index in [-0.39, 0.29) is 0 Å². The fourth-order valence-electron chi connectivity index (χ4n) is 0.224. The number of rotatable bonds is 3. The largest absolute Gasteiger partial charge is 0.310 e. The Hall–Kier alpha value is -0.0800. The molecule has 0 aliphatic rings. The summed E-state index contributed by atoms with van der Waals surface area (Å²) in [6, 6.07) is 0. The minimum Gasteiger partial charge on any atom is -0.310 e. The van der Waals surface area contributed by atoms with Gasteiger partial charge in [-0.05, 0) is 40.8 Å². The van der Waals surface area contributed by atoms with Crippen LogP contribution in [-0.2, 0) is 0 Å². The summed E-state index contributed by atoms with van der Waals surface area (Å²) >= 11 is 0. The van der Waals surface area contributed by atoms with Gasteiger partial charge in [0.05, 0.1) is 0 Å². The van der Waals surface area contributed by atoms with Crippen molar-refractivity contribution < 1.29 is 0 Å². The van der Waals surface area contributed by atoms with Crippen molar-refractivity contribution in [3.05, 3.63) is 0 Å². The average Bonchev–Trinajstić information content (AvgIpc) is 2.33. The summed E-state index contributed by atoms with van der Waals surface area (Å²) < 4.78 is 0. The van der Waals surface area contributed by atoms with Crippen LogP contribution in [0.5, 0.6) is 0 Å². The van der Waals surface area contributed by atoms with Crippen molar-refractivity contribution in [2.24, 2.45) is 0 Å². The lowest BCUT2D eigenvalue weighted by Gasteiger charge is -2.07. The molecule has 0 saturated carbocycles. The summed E-state index contributed by atoms with van der Waals surface area (Å²) in [7, 11) is 6.22. The van der Waals surface area contributed by atoms with Gasteiger partial charge in [0.15, 0.2) is 0 Å². The summed E-state index contributed by atoms with van der Waals surface area (Å²) in [4.78, 5) is 4.38. The quantitative estimate of drug-likeness (QED) is 0.717. The van der Waals surface area contributed by atoms with Gasteiger partial charge in [-0.15, -0.1) is 0 Å². The summed E-state index contributed by atoms with van der Waals surface area (Å²) in [5.74, 6) is 0. The van der Waals surface area contributed by atoms with E-state index in [1.54, 1.807) is 0 Å². The Labute approximate surface area is 99.7 Å². The molecule has 2 nitrogen and oxygen atoms in total. The molecule has 2 heteroatoms. The molecular formula is C13H36N2. The van der Waals surface area contributed by atoms with Crippen molar-refractivity contribution in [3.63, 3.8) is 0 Å². The maximum absolute atomic E-state index is 2.25. The van der Waals surface area contributed by atoms with Crippen LogP contribution in [0.3, 0.4) is 0 Å². The Morgan fingerprint density at radius 3 is 0.800 bits per heavy atom. The summed E-state index contributed by atoms with van der Waals surface area (Å²) in [5, 5.41) is 0. The van der Waals surface area contributed by atoms with Gasteiger partial charge in [0, 0.05) is 0 Å². The van der Waals surface area contributed by atoms with Gasteiger partial charge in [-0.25, -0.2) is 0 Å². The third kappa shape index (κ3) is 56.4. The second kappa shape index (κ2) is 29.2. The highest BCUT2D eigenvalue weighted by Crippen LogP contribution is 1.73. The molecule has 0 fully saturated rings. The summed E-state index contributed by atoms with van der Waals surface area (Å²) in [5.41, 5.74) is 0. The smallest absolute Gasteiger partial charge is 0.00504 e. The molecule has 0 aromatic heterocycles. The van der Waals surface area contributed by atoms with Crippen molar-refractivity contribution in [2.45, 2.75) is 48.5 Å². The molecule has 0 rings (SSSR count). The summed E-state index contributed by atoms with van der Waals surface area (Å²) in [6.07, 6.45) is 0. The predicted molar refractivity (Wildman–Crippen MR) is 75.8 cm³/mol. The number of hydrogen-bond donors (Lipinski definition) is 0. The van der Waals surface area contributed by atoms with Crippen LogP contribution >= 0.6 is 0 Å². The highest BCUT2D eigenvalue weighted by molar-refractivity contribution is 4.36. The first-order chi connectivity index (χ1) is 7.08. The van der Waals surface area contributed by atoms with E-state index < -0.39 is 0 Å². The van der Waals surface area contributed by atoms with Gasteiger partial charge in [0.1, 0.15) is 0 Å². The predicted octanol–water partition coefficient (Wildman–Crippen LogP) is 3.58. The molecule has 0 aliphatic carbocycles. The van der Waals surface area contributed by atoms with E-state index in [4.69, 9.17) is 0 Å². The molecular weight excluding hydrogens is 184 g/mol. The van der Waals surface area contributed by atoms with Gasteiger partial charge in [-0.3, -0.25) is 0 Å². The van der Waals surface area contributed by atoms with Gasteiger partial charge >= 0.3 is 0 Å². The molecule has 0 aromatic carbocycles. The Morgan fingerprint density at radius 2 is 0.800 bits per heavy atom. The van der Waals surface area contributed by atoms with Crippen LogP contribution < -0.4 is 0 Å². The minimum atomic E-state index is 1.14. The van der Waals surface area contributed by atoms with Crippen molar-refractivity contribution in [2.75, 3.05) is 40.8 Å². The molecule has 0 atom stereocenters. The van der Waals surface area contributed by atoms with E-state index in [0.29, 0.717) is 0 Å². The highest BCUT2D eigenvalue weighted by Gasteiger charge is 1.81. The van der Waals surface area contributed by atoms with Crippen LogP contribution in [0, 0.1) is 0 Å². The Bertz CT molecular complexity index is 59.6. The van der Waals surface area contributed by atoms with Gasteiger partial charge < -0.3 is 9.80 Å². The fraction of sp³-hybridized carbons (Fsp3) is 1.00. The average molecular weight is 220 g/mol. The SMILES string of the molecule is CC.CC.CCN(C)C.CCN(C)CC. The zero-order valence-corrected chi connectivity index (χ0v) is 13.0. The van der Waals surface area contributed by atoms with Gasteiger partial charge in [-0.1, -0.05) is 48.5 Å². The van der Waals surface area contributed by atoms with Crippen LogP contribution in [0.4, 0.5) is 0 Å². The zero-order valence-electron chi connectivity index (χ0n) is 13.0. The first kappa shape index (κ1) is 24.2. The normalized spacial score (nSPS) is 8.00. The van der Waals surface area contributed by atoms with Crippen LogP contribution in [0.1, 0.15) is 48.5 Å². The molecule has 0 radical (unpaired) electrons. The molecule has 15 heavy (non-hydrogen) atoms. The van der Waals surface area contributed by atoms with E-state index >= 15 is 0 Å². The first-order valence-electron chi connectivity index (χ1n) is 6.41. The Kier molecular flexibility index (Phi) is 47.2. The van der Waals surface area contributed by atoms with E-state index in [1.165, 1.54) is 0 Å². The molecule has 0 heterocycles. The summed E-state index contributed by atoms with van der Waals surface area (Å²) in [6.45, 7) is 17.9. The monoisotopic (exact) mass is 220 g/mol. The van der Waals surface area contributed by atoms with E-state index in [2.05, 4.69) is 51.7 Å². The third-order valence-corrected chi connectivity index (χ3v) is 1.71. The standard InChI is InChI=1S/C5H13N.C4H11N.2C2H6/c1-4-6(3)5-2;1-4-5(2)3;2*1-2/h4-5H2,1-3H3;4H2,1-3H3;2*1-2H3. The van der Waals surface area contributed by atoms with Crippen LogP contribution in [0.2, 0.25) is 0 Å². The van der Waals surface area contributed by atoms with Gasteiger partial charge in [-0.2, -0.15) is 0 Å². The Balaban J connectivity index is -0.0000000610. The van der Waals surface area contributed by atoms with Crippen molar-refractivity contribution in [1.29, 1.82) is 0 Å². The molecule has 0 amide bonds. The minimum absolute atomic E-state index is 1.14. The van der Waals surface area contributed by atoms with Gasteiger partial charge in [0.2, 0.25) is 0 Å². The van der Waals surface area contributed by atoms with Crippen molar-refractivity contribution in [3.8, 4) is 0 Å². The molecule has 0 unspecified atom stereocenters. The second-order valence-corrected chi connectivity index (χ2v) is 2.88. The maximum atomic E-state index is 2.25.